The molecule has 6 heteroatoms. The van der Waals surface area contributed by atoms with Crippen LogP contribution in [-0.4, -0.2) is 28.2 Å². The van der Waals surface area contributed by atoms with Gasteiger partial charge >= 0.3 is 0 Å². The van der Waals surface area contributed by atoms with E-state index < -0.39 is 0 Å². The maximum atomic E-state index is 5.82. The van der Waals surface area contributed by atoms with Crippen molar-refractivity contribution < 1.29 is 9.47 Å². The molecule has 0 saturated carbocycles. The highest BCUT2D eigenvalue weighted by atomic mass is 16.5. The van der Waals surface area contributed by atoms with Crippen LogP contribution in [0.4, 0.5) is 5.82 Å². The van der Waals surface area contributed by atoms with Crippen LogP contribution in [0.2, 0.25) is 0 Å². The number of aromatic nitrogens is 3. The smallest absolute Gasteiger partial charge is 0.169 e. The van der Waals surface area contributed by atoms with E-state index in [0.29, 0.717) is 25.6 Å². The number of nitrogen functional groups attached to an aromatic ring is 1. The van der Waals surface area contributed by atoms with Crippen molar-refractivity contribution >= 4 is 5.82 Å². The SMILES string of the molecule is CCCc1c(N)nnn1CCOc1ccccc1OCC. The molecule has 0 atom stereocenters. The number of anilines is 1. The second-order valence-corrected chi connectivity index (χ2v) is 4.62. The average molecular weight is 290 g/mol. The van der Waals surface area contributed by atoms with Crippen LogP contribution in [-0.2, 0) is 13.0 Å². The van der Waals surface area contributed by atoms with Gasteiger partial charge in [0.2, 0.25) is 0 Å². The van der Waals surface area contributed by atoms with Crippen LogP contribution in [0.3, 0.4) is 0 Å². The Balaban J connectivity index is 1.96. The molecule has 2 N–H and O–H groups in total. The normalized spacial score (nSPS) is 10.6. The monoisotopic (exact) mass is 290 g/mol. The largest absolute Gasteiger partial charge is 0.490 e. The van der Waals surface area contributed by atoms with Gasteiger partial charge in [0.15, 0.2) is 17.3 Å². The molecule has 114 valence electrons. The number of nitrogens with zero attached hydrogens (tertiary/aromatic N) is 3. The van der Waals surface area contributed by atoms with Gasteiger partial charge in [0.25, 0.3) is 0 Å². The summed E-state index contributed by atoms with van der Waals surface area (Å²) in [7, 11) is 0. The van der Waals surface area contributed by atoms with E-state index >= 15 is 0 Å². The summed E-state index contributed by atoms with van der Waals surface area (Å²) in [6.07, 6.45) is 1.87. The molecule has 0 unspecified atom stereocenters. The Labute approximate surface area is 124 Å². The number of nitrogens with two attached hydrogens (primary N) is 1. The van der Waals surface area contributed by atoms with Crippen molar-refractivity contribution in [3.8, 4) is 11.5 Å². The molecule has 0 amide bonds. The van der Waals surface area contributed by atoms with Crippen molar-refractivity contribution in [2.45, 2.75) is 33.2 Å². The molecular formula is C15H22N4O2. The van der Waals surface area contributed by atoms with E-state index in [-0.39, 0.29) is 0 Å². The van der Waals surface area contributed by atoms with Gasteiger partial charge in [0.05, 0.1) is 18.8 Å². The third-order valence-corrected chi connectivity index (χ3v) is 3.06. The Morgan fingerprint density at radius 2 is 1.86 bits per heavy atom. The van der Waals surface area contributed by atoms with E-state index in [1.54, 1.807) is 0 Å². The highest BCUT2D eigenvalue weighted by Gasteiger charge is 2.09. The van der Waals surface area contributed by atoms with Gasteiger partial charge in [-0.05, 0) is 25.5 Å². The second-order valence-electron chi connectivity index (χ2n) is 4.62. The van der Waals surface area contributed by atoms with E-state index in [4.69, 9.17) is 15.2 Å². The molecule has 0 fully saturated rings. The summed E-state index contributed by atoms with van der Waals surface area (Å²) in [6, 6.07) is 7.64. The van der Waals surface area contributed by atoms with Gasteiger partial charge in [-0.3, -0.25) is 0 Å². The van der Waals surface area contributed by atoms with Crippen LogP contribution in [0.15, 0.2) is 24.3 Å². The number of benzene rings is 1. The fraction of sp³-hybridized carbons (Fsp3) is 0.467. The standard InChI is InChI=1S/C15H22N4O2/c1-3-7-12-15(16)17-18-19(12)10-11-21-14-9-6-5-8-13(14)20-4-2/h5-6,8-9H,3-4,7,10-11,16H2,1-2H3. The summed E-state index contributed by atoms with van der Waals surface area (Å²) in [5, 5.41) is 7.97. The van der Waals surface area contributed by atoms with Crippen LogP contribution in [0.25, 0.3) is 0 Å². The maximum absolute atomic E-state index is 5.82. The first kappa shape index (κ1) is 15.2. The summed E-state index contributed by atoms with van der Waals surface area (Å²) < 4.78 is 13.1. The molecule has 0 aliphatic rings. The van der Waals surface area contributed by atoms with Crippen molar-refractivity contribution in [1.82, 2.24) is 15.0 Å². The number of ether oxygens (including phenoxy) is 2. The lowest BCUT2D eigenvalue weighted by Crippen LogP contribution is -2.13. The van der Waals surface area contributed by atoms with Gasteiger partial charge in [-0.15, -0.1) is 5.10 Å². The minimum absolute atomic E-state index is 0.490. The Morgan fingerprint density at radius 1 is 1.14 bits per heavy atom. The third kappa shape index (κ3) is 3.87. The highest BCUT2D eigenvalue weighted by molar-refractivity contribution is 5.39. The molecular weight excluding hydrogens is 268 g/mol. The minimum Gasteiger partial charge on any atom is -0.490 e. The molecule has 0 aliphatic heterocycles. The van der Waals surface area contributed by atoms with Gasteiger partial charge in [-0.25, -0.2) is 4.68 Å². The second kappa shape index (κ2) is 7.52. The van der Waals surface area contributed by atoms with E-state index in [1.807, 2.05) is 35.9 Å². The summed E-state index contributed by atoms with van der Waals surface area (Å²) in [5.74, 6) is 2.00. The lowest BCUT2D eigenvalue weighted by molar-refractivity contribution is 0.260. The van der Waals surface area contributed by atoms with Gasteiger partial charge in [0, 0.05) is 0 Å². The van der Waals surface area contributed by atoms with Gasteiger partial charge in [0.1, 0.15) is 6.61 Å². The molecule has 0 saturated heterocycles. The van der Waals surface area contributed by atoms with E-state index in [0.717, 1.165) is 30.0 Å². The molecule has 0 radical (unpaired) electrons. The molecule has 2 aromatic rings. The minimum atomic E-state index is 0.490. The van der Waals surface area contributed by atoms with Crippen LogP contribution in [0.1, 0.15) is 26.0 Å². The first-order chi connectivity index (χ1) is 10.3. The molecule has 6 nitrogen and oxygen atoms in total. The Morgan fingerprint density at radius 3 is 2.52 bits per heavy atom. The van der Waals surface area contributed by atoms with E-state index in [9.17, 15) is 0 Å². The third-order valence-electron chi connectivity index (χ3n) is 3.06. The average Bonchev–Trinajstić information content (AvgIpc) is 2.83. The molecule has 21 heavy (non-hydrogen) atoms. The zero-order valence-electron chi connectivity index (χ0n) is 12.6. The summed E-state index contributed by atoms with van der Waals surface area (Å²) >= 11 is 0. The van der Waals surface area contributed by atoms with Crippen LogP contribution >= 0.6 is 0 Å². The molecule has 2 rings (SSSR count). The van der Waals surface area contributed by atoms with Crippen molar-refractivity contribution in [2.24, 2.45) is 0 Å². The van der Waals surface area contributed by atoms with E-state index in [2.05, 4.69) is 17.2 Å². The van der Waals surface area contributed by atoms with Crippen molar-refractivity contribution in [3.63, 3.8) is 0 Å². The summed E-state index contributed by atoms with van der Waals surface area (Å²) in [4.78, 5) is 0. The van der Waals surface area contributed by atoms with Crippen LogP contribution < -0.4 is 15.2 Å². The topological polar surface area (TPSA) is 75.2 Å². The number of rotatable bonds is 8. The summed E-state index contributed by atoms with van der Waals surface area (Å²) in [6.45, 7) is 5.77. The van der Waals surface area contributed by atoms with E-state index in [1.165, 1.54) is 0 Å². The maximum Gasteiger partial charge on any atom is 0.169 e. The fourth-order valence-corrected chi connectivity index (χ4v) is 2.11. The lowest BCUT2D eigenvalue weighted by atomic mass is 10.2. The Bertz CT molecular complexity index is 569. The Hall–Kier alpha value is -2.24. The molecule has 1 heterocycles. The quantitative estimate of drug-likeness (QED) is 0.807. The van der Waals surface area contributed by atoms with Crippen LogP contribution in [0, 0.1) is 0 Å². The van der Waals surface area contributed by atoms with Gasteiger partial charge in [-0.2, -0.15) is 0 Å². The number of hydrogen-bond acceptors (Lipinski definition) is 5. The molecule has 1 aromatic carbocycles. The van der Waals surface area contributed by atoms with Gasteiger partial charge < -0.3 is 15.2 Å². The van der Waals surface area contributed by atoms with Crippen molar-refractivity contribution in [2.75, 3.05) is 18.9 Å². The predicted molar refractivity (Wildman–Crippen MR) is 81.5 cm³/mol. The first-order valence-corrected chi connectivity index (χ1v) is 7.28. The first-order valence-electron chi connectivity index (χ1n) is 7.28. The molecule has 0 spiro atoms. The molecule has 1 aromatic heterocycles. The number of hydrogen-bond donors (Lipinski definition) is 1. The lowest BCUT2D eigenvalue weighted by Gasteiger charge is -2.12. The fourth-order valence-electron chi connectivity index (χ4n) is 2.11. The molecule has 0 bridgehead atoms. The zero-order chi connectivity index (χ0) is 15.1. The number of para-hydroxylation sites is 2. The molecule has 0 aliphatic carbocycles. The van der Waals surface area contributed by atoms with Crippen molar-refractivity contribution in [3.05, 3.63) is 30.0 Å². The Kier molecular flexibility index (Phi) is 5.43. The summed E-state index contributed by atoms with van der Waals surface area (Å²) in [5.41, 5.74) is 6.79. The van der Waals surface area contributed by atoms with Crippen LogP contribution in [0.5, 0.6) is 11.5 Å². The van der Waals surface area contributed by atoms with Gasteiger partial charge in [-0.1, -0.05) is 30.7 Å². The zero-order valence-corrected chi connectivity index (χ0v) is 12.6. The van der Waals surface area contributed by atoms with Crippen molar-refractivity contribution in [1.29, 1.82) is 0 Å². The predicted octanol–water partition coefficient (Wildman–Crippen LogP) is 2.29. The highest BCUT2D eigenvalue weighted by Crippen LogP contribution is 2.26.